The molecule has 0 N–H and O–H groups in total. The molecule has 9 aromatic carbocycles. The fourth-order valence-corrected chi connectivity index (χ4v) is 11.6. The first-order valence-electron chi connectivity index (χ1n) is 21.1. The monoisotopic (exact) mass is 805 g/mol. The summed E-state index contributed by atoms with van der Waals surface area (Å²) in [5.41, 5.74) is 17.2. The molecule has 0 fully saturated rings. The van der Waals surface area contributed by atoms with E-state index in [0.29, 0.717) is 17.5 Å². The predicted molar refractivity (Wildman–Crippen MR) is 256 cm³/mol. The summed E-state index contributed by atoms with van der Waals surface area (Å²) >= 11 is 1.85. The van der Waals surface area contributed by atoms with Gasteiger partial charge in [0.25, 0.3) is 0 Å². The highest BCUT2D eigenvalue weighted by Gasteiger charge is 2.52. The van der Waals surface area contributed by atoms with Gasteiger partial charge in [0.15, 0.2) is 17.5 Å². The number of hydrogen-bond acceptors (Lipinski definition) is 4. The molecule has 2 aliphatic carbocycles. The van der Waals surface area contributed by atoms with E-state index >= 15 is 0 Å². The number of fused-ring (bicyclic) bond motifs is 13. The van der Waals surface area contributed by atoms with Crippen molar-refractivity contribution in [2.24, 2.45) is 0 Å². The maximum absolute atomic E-state index is 5.40. The fraction of sp³-hybridized carbons (Fsp3) is 0.0172. The highest BCUT2D eigenvalue weighted by atomic mass is 32.1. The number of thiophene rings is 1. The highest BCUT2D eigenvalue weighted by Crippen LogP contribution is 2.63. The van der Waals surface area contributed by atoms with Gasteiger partial charge in [-0.3, -0.25) is 0 Å². The van der Waals surface area contributed by atoms with Gasteiger partial charge in [-0.05, 0) is 78.9 Å². The smallest absolute Gasteiger partial charge is 0.164 e. The highest BCUT2D eigenvalue weighted by molar-refractivity contribution is 7.26. The summed E-state index contributed by atoms with van der Waals surface area (Å²) in [5, 5.41) is 2.59. The van der Waals surface area contributed by atoms with E-state index in [1.807, 2.05) is 11.3 Å². The molecule has 3 nitrogen and oxygen atoms in total. The maximum atomic E-state index is 5.40. The van der Waals surface area contributed by atoms with Crippen LogP contribution in [0.3, 0.4) is 0 Å². The summed E-state index contributed by atoms with van der Waals surface area (Å²) in [6.45, 7) is 0. The molecule has 4 heteroatoms. The number of hydrogen-bond donors (Lipinski definition) is 0. The molecule has 2 aromatic heterocycles. The standard InChI is InChI=1S/C58H35N3S/c1-2-15-36(16-3-1)39-17-12-18-40(35-39)56-59-55(38-33-31-37(32-34-38)41-23-13-24-45-44-21-7-11-30-52(44)62-54(41)45)60-57(61-56)47-25-14-29-51-53(47)46-22-6-10-28-50(46)58(51)48-26-8-4-19-42(48)43-20-5-9-27-49(43)58/h1-35H. The van der Waals surface area contributed by atoms with Crippen molar-refractivity contribution in [1.82, 2.24) is 15.0 Å². The van der Waals surface area contributed by atoms with Crippen LogP contribution in [0, 0.1) is 0 Å². The van der Waals surface area contributed by atoms with Crippen LogP contribution in [0.15, 0.2) is 212 Å². The molecule has 13 rings (SSSR count). The Balaban J connectivity index is 1.01. The Bertz CT molecular complexity index is 3540. The van der Waals surface area contributed by atoms with Crippen molar-refractivity contribution in [3.63, 3.8) is 0 Å². The van der Waals surface area contributed by atoms with Gasteiger partial charge in [-0.25, -0.2) is 15.0 Å². The molecule has 288 valence electrons. The first-order valence-corrected chi connectivity index (χ1v) is 21.9. The Morgan fingerprint density at radius 3 is 1.58 bits per heavy atom. The van der Waals surface area contributed by atoms with Crippen molar-refractivity contribution in [2.75, 3.05) is 0 Å². The van der Waals surface area contributed by atoms with Crippen molar-refractivity contribution in [3.05, 3.63) is 235 Å². The van der Waals surface area contributed by atoms with Crippen LogP contribution >= 0.6 is 11.3 Å². The second kappa shape index (κ2) is 13.6. The Morgan fingerprint density at radius 2 is 0.806 bits per heavy atom. The second-order valence-corrected chi connectivity index (χ2v) is 17.3. The fourth-order valence-electron chi connectivity index (χ4n) is 10.3. The van der Waals surface area contributed by atoms with Crippen molar-refractivity contribution in [3.8, 4) is 78.7 Å². The molecule has 0 saturated carbocycles. The number of nitrogens with zero attached hydrogens (tertiary/aromatic N) is 3. The summed E-state index contributed by atoms with van der Waals surface area (Å²) in [4.78, 5) is 16.0. The topological polar surface area (TPSA) is 38.7 Å². The molecule has 0 amide bonds. The van der Waals surface area contributed by atoms with Crippen LogP contribution in [0.4, 0.5) is 0 Å². The van der Waals surface area contributed by atoms with Crippen LogP contribution in [-0.4, -0.2) is 15.0 Å². The van der Waals surface area contributed by atoms with Crippen LogP contribution in [0.5, 0.6) is 0 Å². The van der Waals surface area contributed by atoms with E-state index in [9.17, 15) is 0 Å². The number of benzene rings is 9. The lowest BCUT2D eigenvalue weighted by Crippen LogP contribution is -2.25. The first kappa shape index (κ1) is 35.0. The van der Waals surface area contributed by atoms with Gasteiger partial charge in [0.1, 0.15) is 0 Å². The van der Waals surface area contributed by atoms with Gasteiger partial charge in [-0.15, -0.1) is 11.3 Å². The van der Waals surface area contributed by atoms with Crippen molar-refractivity contribution in [2.45, 2.75) is 5.41 Å². The molecule has 0 aliphatic heterocycles. The molecular formula is C58H35N3S. The van der Waals surface area contributed by atoms with E-state index in [0.717, 1.165) is 33.4 Å². The largest absolute Gasteiger partial charge is 0.208 e. The molecule has 0 atom stereocenters. The lowest BCUT2D eigenvalue weighted by atomic mass is 9.70. The van der Waals surface area contributed by atoms with E-state index in [1.54, 1.807) is 0 Å². The van der Waals surface area contributed by atoms with Crippen LogP contribution in [0.2, 0.25) is 0 Å². The normalized spacial score (nSPS) is 13.0. The number of aromatic nitrogens is 3. The molecular weight excluding hydrogens is 771 g/mol. The van der Waals surface area contributed by atoms with E-state index in [4.69, 9.17) is 15.0 Å². The lowest BCUT2D eigenvalue weighted by molar-refractivity contribution is 0.794. The van der Waals surface area contributed by atoms with Gasteiger partial charge in [0.05, 0.1) is 5.41 Å². The average molecular weight is 806 g/mol. The SMILES string of the molecule is c1ccc(-c2cccc(-c3nc(-c4ccc(-c5cccc6c5sc5ccccc56)cc4)nc(-c4cccc5c4-c4ccccc4C54c5ccccc5-c5ccccc54)n3)c2)cc1. The molecule has 0 bridgehead atoms. The van der Waals surface area contributed by atoms with E-state index in [2.05, 4.69) is 212 Å². The zero-order valence-corrected chi connectivity index (χ0v) is 34.3. The molecule has 0 unspecified atom stereocenters. The first-order chi connectivity index (χ1) is 30.7. The minimum Gasteiger partial charge on any atom is -0.208 e. The molecule has 2 aliphatic rings. The molecule has 0 saturated heterocycles. The second-order valence-electron chi connectivity index (χ2n) is 16.2. The average Bonchev–Trinajstić information content (AvgIpc) is 3.99. The van der Waals surface area contributed by atoms with Crippen LogP contribution in [-0.2, 0) is 5.41 Å². The summed E-state index contributed by atoms with van der Waals surface area (Å²) in [7, 11) is 0. The van der Waals surface area contributed by atoms with Gasteiger partial charge in [0, 0.05) is 36.9 Å². The molecule has 2 heterocycles. The third kappa shape index (κ3) is 5.08. The molecule has 11 aromatic rings. The lowest BCUT2D eigenvalue weighted by Gasteiger charge is -2.30. The quantitative estimate of drug-likeness (QED) is 0.174. The van der Waals surface area contributed by atoms with Gasteiger partial charge in [0.2, 0.25) is 0 Å². The third-order valence-corrected chi connectivity index (χ3v) is 14.2. The summed E-state index contributed by atoms with van der Waals surface area (Å²) < 4.78 is 2.60. The van der Waals surface area contributed by atoms with Crippen molar-refractivity contribution < 1.29 is 0 Å². The van der Waals surface area contributed by atoms with Gasteiger partial charge >= 0.3 is 0 Å². The summed E-state index contributed by atoms with van der Waals surface area (Å²) in [6, 6.07) is 76.6. The Morgan fingerprint density at radius 1 is 0.306 bits per heavy atom. The zero-order valence-electron chi connectivity index (χ0n) is 33.5. The van der Waals surface area contributed by atoms with Gasteiger partial charge < -0.3 is 0 Å². The van der Waals surface area contributed by atoms with Crippen molar-refractivity contribution >= 4 is 31.5 Å². The molecule has 1 spiro atoms. The number of rotatable bonds is 5. The summed E-state index contributed by atoms with van der Waals surface area (Å²) in [6.07, 6.45) is 0. The Kier molecular flexibility index (Phi) is 7.69. The predicted octanol–water partition coefficient (Wildman–Crippen LogP) is 14.9. The van der Waals surface area contributed by atoms with Gasteiger partial charge in [-0.2, -0.15) is 0 Å². The zero-order chi connectivity index (χ0) is 40.8. The molecule has 62 heavy (non-hydrogen) atoms. The maximum Gasteiger partial charge on any atom is 0.164 e. The third-order valence-electron chi connectivity index (χ3n) is 13.0. The Labute approximate surface area is 363 Å². The van der Waals surface area contributed by atoms with Gasteiger partial charge in [-0.1, -0.05) is 200 Å². The Hall–Kier alpha value is -7.79. The van der Waals surface area contributed by atoms with E-state index < -0.39 is 5.41 Å². The van der Waals surface area contributed by atoms with Crippen LogP contribution in [0.25, 0.3) is 98.8 Å². The van der Waals surface area contributed by atoms with Crippen molar-refractivity contribution in [1.29, 1.82) is 0 Å². The molecule has 0 radical (unpaired) electrons. The minimum atomic E-state index is -0.467. The van der Waals surface area contributed by atoms with Crippen LogP contribution < -0.4 is 0 Å². The summed E-state index contributed by atoms with van der Waals surface area (Å²) in [5.74, 6) is 1.92. The minimum absolute atomic E-state index is 0.467. The van der Waals surface area contributed by atoms with E-state index in [-0.39, 0.29) is 0 Å². The van der Waals surface area contributed by atoms with E-state index in [1.165, 1.54) is 70.2 Å². The van der Waals surface area contributed by atoms with Crippen LogP contribution in [0.1, 0.15) is 22.3 Å².